The quantitative estimate of drug-likeness (QED) is 0.834. The molecule has 1 rings (SSSR count). The van der Waals surface area contributed by atoms with Gasteiger partial charge >= 0.3 is 0 Å². The first-order valence-electron chi connectivity index (χ1n) is 5.78. The molecule has 0 amide bonds. The maximum Gasteiger partial charge on any atom is 0.142 e. The third kappa shape index (κ3) is 4.35. The van der Waals surface area contributed by atoms with Gasteiger partial charge in [-0.1, -0.05) is 13.8 Å². The van der Waals surface area contributed by atoms with Crippen molar-refractivity contribution in [3.8, 4) is 6.07 Å². The zero-order chi connectivity index (χ0) is 12.8. The highest BCUT2D eigenvalue weighted by molar-refractivity contribution is 9.10. The van der Waals surface area contributed by atoms with Crippen LogP contribution in [0.4, 0.5) is 5.82 Å². The van der Waals surface area contributed by atoms with Crippen LogP contribution in [0.3, 0.4) is 0 Å². The molecule has 0 atom stereocenters. The number of pyridine rings is 1. The van der Waals surface area contributed by atoms with Crippen LogP contribution in [0.1, 0.15) is 25.8 Å². The van der Waals surface area contributed by atoms with Crippen molar-refractivity contribution < 1.29 is 0 Å². The van der Waals surface area contributed by atoms with E-state index >= 15 is 0 Å². The van der Waals surface area contributed by atoms with E-state index in [9.17, 15) is 0 Å². The minimum atomic E-state index is 0.523. The van der Waals surface area contributed by atoms with E-state index in [0.29, 0.717) is 12.3 Å². The largest absolute Gasteiger partial charge is 0.354 e. The second kappa shape index (κ2) is 6.61. The highest BCUT2D eigenvalue weighted by atomic mass is 79.9. The van der Waals surface area contributed by atoms with Crippen molar-refractivity contribution in [1.29, 1.82) is 5.26 Å². The van der Waals surface area contributed by atoms with Crippen LogP contribution in [-0.2, 0) is 0 Å². The predicted molar refractivity (Wildman–Crippen MR) is 74.0 cm³/mol. The molecule has 3 nitrogen and oxygen atoms in total. The minimum absolute atomic E-state index is 0.523. The first-order valence-corrected chi connectivity index (χ1v) is 6.58. The van der Waals surface area contributed by atoms with E-state index in [1.165, 1.54) is 0 Å². The van der Waals surface area contributed by atoms with E-state index in [2.05, 4.69) is 51.8 Å². The normalized spacial score (nSPS) is 10.4. The predicted octanol–water partition coefficient (Wildman–Crippen LogP) is 3.53. The third-order valence-corrected chi connectivity index (χ3v) is 2.92. The van der Waals surface area contributed by atoms with Gasteiger partial charge in [0.2, 0.25) is 0 Å². The van der Waals surface area contributed by atoms with Gasteiger partial charge in [-0.25, -0.2) is 4.98 Å². The Balaban J connectivity index is 2.91. The number of nitriles is 1. The monoisotopic (exact) mass is 295 g/mol. The molecule has 0 aliphatic rings. The summed E-state index contributed by atoms with van der Waals surface area (Å²) in [6, 6.07) is 4.24. The van der Waals surface area contributed by atoms with Gasteiger partial charge in [0.15, 0.2) is 0 Å². The van der Waals surface area contributed by atoms with Crippen molar-refractivity contribution in [2.75, 3.05) is 18.0 Å². The van der Waals surface area contributed by atoms with E-state index in [1.807, 2.05) is 13.1 Å². The van der Waals surface area contributed by atoms with Crippen LogP contribution in [0.25, 0.3) is 0 Å². The summed E-state index contributed by atoms with van der Waals surface area (Å²) >= 11 is 3.54. The van der Waals surface area contributed by atoms with Crippen molar-refractivity contribution in [2.45, 2.75) is 27.2 Å². The van der Waals surface area contributed by atoms with Crippen LogP contribution in [-0.4, -0.2) is 18.1 Å². The zero-order valence-electron chi connectivity index (χ0n) is 10.6. The molecule has 0 radical (unpaired) electrons. The number of aromatic nitrogens is 1. The number of hydrogen-bond acceptors (Lipinski definition) is 3. The molecule has 4 heteroatoms. The summed E-state index contributed by atoms with van der Waals surface area (Å²) in [5.41, 5.74) is 1.13. The summed E-state index contributed by atoms with van der Waals surface area (Å²) in [6.45, 7) is 7.99. The Labute approximate surface area is 112 Å². The molecule has 0 N–H and O–H groups in total. The molecule has 0 spiro atoms. The smallest absolute Gasteiger partial charge is 0.142 e. The standard InChI is InChI=1S/C13H18BrN3/c1-10(2)9-17(6-4-5-15)13-12(14)7-11(3)8-16-13/h7-8,10H,4,6,9H2,1-3H3. The molecule has 0 aliphatic heterocycles. The lowest BCUT2D eigenvalue weighted by Crippen LogP contribution is -2.29. The fourth-order valence-corrected chi connectivity index (χ4v) is 2.38. The van der Waals surface area contributed by atoms with Crippen molar-refractivity contribution in [2.24, 2.45) is 5.92 Å². The van der Waals surface area contributed by atoms with Crippen LogP contribution < -0.4 is 4.90 Å². The summed E-state index contributed by atoms with van der Waals surface area (Å²) in [4.78, 5) is 6.62. The van der Waals surface area contributed by atoms with Gasteiger partial charge in [0.1, 0.15) is 5.82 Å². The Morgan fingerprint density at radius 1 is 1.53 bits per heavy atom. The first-order chi connectivity index (χ1) is 8.04. The SMILES string of the molecule is Cc1cnc(N(CCC#N)CC(C)C)c(Br)c1. The van der Waals surface area contributed by atoms with Crippen molar-refractivity contribution in [3.05, 3.63) is 22.3 Å². The van der Waals surface area contributed by atoms with E-state index in [4.69, 9.17) is 5.26 Å². The van der Waals surface area contributed by atoms with Gasteiger partial charge in [0.25, 0.3) is 0 Å². The molecule has 0 aromatic carbocycles. The summed E-state index contributed by atoms with van der Waals surface area (Å²) in [7, 11) is 0. The molecule has 0 saturated carbocycles. The Morgan fingerprint density at radius 3 is 2.76 bits per heavy atom. The Kier molecular flexibility index (Phi) is 5.43. The number of aryl methyl sites for hydroxylation is 1. The van der Waals surface area contributed by atoms with Crippen LogP contribution in [0.15, 0.2) is 16.7 Å². The molecular formula is C13H18BrN3. The van der Waals surface area contributed by atoms with Crippen molar-refractivity contribution >= 4 is 21.7 Å². The van der Waals surface area contributed by atoms with Crippen molar-refractivity contribution in [3.63, 3.8) is 0 Å². The Bertz CT molecular complexity index is 410. The maximum absolute atomic E-state index is 8.70. The van der Waals surface area contributed by atoms with Crippen LogP contribution >= 0.6 is 15.9 Å². The first kappa shape index (κ1) is 14.0. The van der Waals surface area contributed by atoms with Gasteiger partial charge in [-0.05, 0) is 40.4 Å². The Morgan fingerprint density at radius 2 is 2.24 bits per heavy atom. The fraction of sp³-hybridized carbons (Fsp3) is 0.538. The summed E-state index contributed by atoms with van der Waals surface area (Å²) < 4.78 is 0.996. The molecule has 0 aliphatic carbocycles. The van der Waals surface area contributed by atoms with Gasteiger partial charge in [0, 0.05) is 19.3 Å². The highest BCUT2D eigenvalue weighted by Crippen LogP contribution is 2.25. The fourth-order valence-electron chi connectivity index (χ4n) is 1.67. The number of halogens is 1. The number of rotatable bonds is 5. The lowest BCUT2D eigenvalue weighted by atomic mass is 10.2. The van der Waals surface area contributed by atoms with Gasteiger partial charge in [-0.3, -0.25) is 0 Å². The summed E-state index contributed by atoms with van der Waals surface area (Å²) in [6.07, 6.45) is 2.38. The maximum atomic E-state index is 8.70. The number of hydrogen-bond donors (Lipinski definition) is 0. The highest BCUT2D eigenvalue weighted by Gasteiger charge is 2.12. The van der Waals surface area contributed by atoms with Gasteiger partial charge in [-0.2, -0.15) is 5.26 Å². The second-order valence-electron chi connectivity index (χ2n) is 4.57. The lowest BCUT2D eigenvalue weighted by Gasteiger charge is -2.25. The van der Waals surface area contributed by atoms with E-state index < -0.39 is 0 Å². The summed E-state index contributed by atoms with van der Waals surface area (Å²) in [5, 5.41) is 8.70. The van der Waals surface area contributed by atoms with Gasteiger partial charge < -0.3 is 4.90 Å². The van der Waals surface area contributed by atoms with E-state index in [-0.39, 0.29) is 0 Å². The van der Waals surface area contributed by atoms with E-state index in [1.54, 1.807) is 0 Å². The molecule has 0 bridgehead atoms. The average molecular weight is 296 g/mol. The van der Waals surface area contributed by atoms with Gasteiger partial charge in [0.05, 0.1) is 17.0 Å². The molecule has 0 unspecified atom stereocenters. The molecule has 1 aromatic heterocycles. The van der Waals surface area contributed by atoms with Crippen LogP contribution in [0, 0.1) is 24.2 Å². The molecule has 0 saturated heterocycles. The van der Waals surface area contributed by atoms with Gasteiger partial charge in [-0.15, -0.1) is 0 Å². The lowest BCUT2D eigenvalue weighted by molar-refractivity contribution is 0.607. The van der Waals surface area contributed by atoms with Crippen molar-refractivity contribution in [1.82, 2.24) is 4.98 Å². The number of anilines is 1. The van der Waals surface area contributed by atoms with Crippen LogP contribution in [0.2, 0.25) is 0 Å². The molecule has 1 heterocycles. The molecule has 1 aromatic rings. The molecule has 17 heavy (non-hydrogen) atoms. The molecule has 92 valence electrons. The number of nitrogens with zero attached hydrogens (tertiary/aromatic N) is 3. The Hall–Kier alpha value is -1.08. The van der Waals surface area contributed by atoms with E-state index in [0.717, 1.165) is 28.9 Å². The summed E-state index contributed by atoms with van der Waals surface area (Å²) in [5.74, 6) is 1.48. The topological polar surface area (TPSA) is 39.9 Å². The second-order valence-corrected chi connectivity index (χ2v) is 5.42. The molecular weight excluding hydrogens is 278 g/mol. The van der Waals surface area contributed by atoms with Crippen LogP contribution in [0.5, 0.6) is 0 Å². The minimum Gasteiger partial charge on any atom is -0.354 e. The third-order valence-electron chi connectivity index (χ3n) is 2.34. The zero-order valence-corrected chi connectivity index (χ0v) is 12.2. The average Bonchev–Trinajstić information content (AvgIpc) is 2.24. The molecule has 0 fully saturated rings.